The second-order valence-corrected chi connectivity index (χ2v) is 7.57. The number of carbonyl (C=O) groups is 4. The molecule has 0 aliphatic carbocycles. The Hall–Kier alpha value is -3.59. The molecule has 4 amide bonds. The van der Waals surface area contributed by atoms with Crippen LogP contribution in [0.5, 0.6) is 0 Å². The zero-order valence-electron chi connectivity index (χ0n) is 16.0. The minimum absolute atomic E-state index is 0.101. The number of fused-ring (bicyclic) bond motifs is 2. The fourth-order valence-corrected chi connectivity index (χ4v) is 4.18. The summed E-state index contributed by atoms with van der Waals surface area (Å²) in [6.45, 7) is 1.98. The average Bonchev–Trinajstić information content (AvgIpc) is 3.31. The van der Waals surface area contributed by atoms with Crippen LogP contribution in [0.4, 0.5) is 5.69 Å². The summed E-state index contributed by atoms with van der Waals surface area (Å²) in [5, 5.41) is 8.84. The zero-order valence-corrected chi connectivity index (χ0v) is 16.0. The predicted molar refractivity (Wildman–Crippen MR) is 105 cm³/mol. The monoisotopic (exact) mass is 405 g/mol. The molecule has 0 saturated carbocycles. The summed E-state index contributed by atoms with van der Waals surface area (Å²) in [6.07, 6.45) is 2.01. The van der Waals surface area contributed by atoms with Gasteiger partial charge in [0.25, 0.3) is 11.8 Å². The van der Waals surface area contributed by atoms with Crippen molar-refractivity contribution in [2.75, 3.05) is 5.32 Å². The Bertz CT molecular complexity index is 1110. The highest BCUT2D eigenvalue weighted by atomic mass is 16.2. The summed E-state index contributed by atoms with van der Waals surface area (Å²) in [5.41, 5.74) is 4.55. The van der Waals surface area contributed by atoms with Crippen LogP contribution in [-0.4, -0.2) is 39.6 Å². The van der Waals surface area contributed by atoms with Gasteiger partial charge < -0.3 is 10.6 Å². The molecule has 3 N–H and O–H groups in total. The molecule has 3 aliphatic rings. The minimum Gasteiger partial charge on any atom is -0.381 e. The topological polar surface area (TPSA) is 120 Å². The summed E-state index contributed by atoms with van der Waals surface area (Å²) in [6, 6.07) is 6.07. The van der Waals surface area contributed by atoms with Crippen molar-refractivity contribution >= 4 is 29.3 Å². The normalized spacial score (nSPS) is 20.3. The maximum Gasteiger partial charge on any atom is 0.262 e. The Balaban J connectivity index is 1.36. The molecule has 30 heavy (non-hydrogen) atoms. The number of anilines is 1. The molecule has 1 aromatic heterocycles. The van der Waals surface area contributed by atoms with Gasteiger partial charge in [-0.05, 0) is 30.2 Å². The third-order valence-electron chi connectivity index (χ3n) is 5.73. The lowest BCUT2D eigenvalue weighted by molar-refractivity contribution is -0.136. The Morgan fingerprint density at radius 2 is 1.90 bits per heavy atom. The second kappa shape index (κ2) is 7.03. The molecule has 0 radical (unpaired) electrons. The Morgan fingerprint density at radius 3 is 2.73 bits per heavy atom. The number of pyridine rings is 1. The van der Waals surface area contributed by atoms with E-state index in [2.05, 4.69) is 20.9 Å². The number of hydrogen-bond acceptors (Lipinski definition) is 7. The van der Waals surface area contributed by atoms with E-state index in [1.165, 1.54) is 0 Å². The maximum absolute atomic E-state index is 12.9. The summed E-state index contributed by atoms with van der Waals surface area (Å²) in [5.74, 6) is -2.00. The Kier molecular flexibility index (Phi) is 4.32. The molecule has 4 heterocycles. The average molecular weight is 405 g/mol. The number of piperidine rings is 1. The largest absolute Gasteiger partial charge is 0.381 e. The van der Waals surface area contributed by atoms with Crippen LogP contribution in [0.25, 0.3) is 0 Å². The predicted octanol–water partition coefficient (Wildman–Crippen LogP) is 0.698. The van der Waals surface area contributed by atoms with Gasteiger partial charge >= 0.3 is 0 Å². The first-order valence-electron chi connectivity index (χ1n) is 9.79. The van der Waals surface area contributed by atoms with Crippen molar-refractivity contribution in [3.05, 3.63) is 58.4 Å². The van der Waals surface area contributed by atoms with E-state index in [-0.39, 0.29) is 29.9 Å². The van der Waals surface area contributed by atoms with Gasteiger partial charge in [0, 0.05) is 43.5 Å². The van der Waals surface area contributed by atoms with Crippen LogP contribution in [0.1, 0.15) is 50.4 Å². The number of benzene rings is 1. The number of nitrogens with one attached hydrogen (secondary N) is 3. The molecule has 0 spiro atoms. The second-order valence-electron chi connectivity index (χ2n) is 7.57. The number of carbonyl (C=O) groups excluding carboxylic acids is 4. The zero-order chi connectivity index (χ0) is 20.8. The third-order valence-corrected chi connectivity index (χ3v) is 5.73. The van der Waals surface area contributed by atoms with Gasteiger partial charge in [0.15, 0.2) is 0 Å². The van der Waals surface area contributed by atoms with Gasteiger partial charge in [-0.25, -0.2) is 0 Å². The Labute approximate surface area is 171 Å². The van der Waals surface area contributed by atoms with E-state index < -0.39 is 23.8 Å². The van der Waals surface area contributed by atoms with E-state index >= 15 is 0 Å². The standard InChI is InChI=1S/C21H19N5O4/c27-18-4-3-17(19(28)25-18)26-20(29)12-2-1-11(7-13(12)21(26)30)8-24-15-5-6-23-16-10-22-9-14(15)16/h1-2,5-7,17,22H,3-4,8-10H2,(H,23,24)(H,25,27,28). The van der Waals surface area contributed by atoms with Crippen molar-refractivity contribution in [2.24, 2.45) is 0 Å². The van der Waals surface area contributed by atoms with Gasteiger partial charge in [-0.1, -0.05) is 6.07 Å². The number of amides is 4. The number of nitrogens with zero attached hydrogens (tertiary/aromatic N) is 2. The van der Waals surface area contributed by atoms with Crippen LogP contribution in [0.2, 0.25) is 0 Å². The summed E-state index contributed by atoms with van der Waals surface area (Å²) in [7, 11) is 0. The quantitative estimate of drug-likeness (QED) is 0.640. The van der Waals surface area contributed by atoms with Crippen molar-refractivity contribution in [3.8, 4) is 0 Å². The fourth-order valence-electron chi connectivity index (χ4n) is 4.18. The van der Waals surface area contributed by atoms with E-state index in [4.69, 9.17) is 0 Å². The molecule has 0 bridgehead atoms. The van der Waals surface area contributed by atoms with Gasteiger partial charge in [0.05, 0.1) is 16.8 Å². The molecule has 9 nitrogen and oxygen atoms in total. The summed E-state index contributed by atoms with van der Waals surface area (Å²) >= 11 is 0. The Morgan fingerprint density at radius 1 is 1.07 bits per heavy atom. The van der Waals surface area contributed by atoms with Gasteiger partial charge in [-0.3, -0.25) is 34.4 Å². The van der Waals surface area contributed by atoms with Gasteiger partial charge in [0.2, 0.25) is 11.8 Å². The van der Waals surface area contributed by atoms with Gasteiger partial charge in [0.1, 0.15) is 6.04 Å². The van der Waals surface area contributed by atoms with Crippen molar-refractivity contribution in [3.63, 3.8) is 0 Å². The lowest BCUT2D eigenvalue weighted by atomic mass is 10.0. The van der Waals surface area contributed by atoms with Crippen molar-refractivity contribution in [1.82, 2.24) is 20.5 Å². The third kappa shape index (κ3) is 2.94. The number of aromatic nitrogens is 1. The highest BCUT2D eigenvalue weighted by molar-refractivity contribution is 6.23. The van der Waals surface area contributed by atoms with Crippen LogP contribution in [0.3, 0.4) is 0 Å². The first kappa shape index (κ1) is 18.4. The molecule has 3 aliphatic heterocycles. The van der Waals surface area contributed by atoms with E-state index in [1.807, 2.05) is 6.07 Å². The lowest BCUT2D eigenvalue weighted by Crippen LogP contribution is -2.54. The fraction of sp³-hybridized carbons (Fsp3) is 0.286. The molecule has 1 unspecified atom stereocenters. The lowest BCUT2D eigenvalue weighted by Gasteiger charge is -2.27. The number of hydrogen-bond donors (Lipinski definition) is 3. The first-order valence-corrected chi connectivity index (χ1v) is 9.79. The highest BCUT2D eigenvalue weighted by Gasteiger charge is 2.44. The van der Waals surface area contributed by atoms with Gasteiger partial charge in [-0.2, -0.15) is 0 Å². The molecule has 1 atom stereocenters. The van der Waals surface area contributed by atoms with Crippen LogP contribution in [0, 0.1) is 0 Å². The smallest absolute Gasteiger partial charge is 0.262 e. The molecule has 1 aromatic carbocycles. The van der Waals surface area contributed by atoms with Crippen LogP contribution in [0.15, 0.2) is 30.5 Å². The highest BCUT2D eigenvalue weighted by Crippen LogP contribution is 2.29. The molecule has 9 heteroatoms. The van der Waals surface area contributed by atoms with Crippen LogP contribution in [-0.2, 0) is 29.2 Å². The van der Waals surface area contributed by atoms with Crippen molar-refractivity contribution in [1.29, 1.82) is 0 Å². The number of rotatable bonds is 4. The first-order chi connectivity index (χ1) is 14.5. The SMILES string of the molecule is O=C1CCC(N2C(=O)c3ccc(CNc4ccnc5c4CNC5)cc3C2=O)C(=O)N1. The summed E-state index contributed by atoms with van der Waals surface area (Å²) in [4.78, 5) is 54.6. The van der Waals surface area contributed by atoms with Crippen molar-refractivity contribution < 1.29 is 19.2 Å². The van der Waals surface area contributed by atoms with Crippen LogP contribution < -0.4 is 16.0 Å². The molecular weight excluding hydrogens is 386 g/mol. The van der Waals surface area contributed by atoms with E-state index in [9.17, 15) is 19.2 Å². The maximum atomic E-state index is 12.9. The number of imide groups is 2. The van der Waals surface area contributed by atoms with Crippen molar-refractivity contribution in [2.45, 2.75) is 38.5 Å². The molecule has 1 fully saturated rings. The van der Waals surface area contributed by atoms with Crippen LogP contribution >= 0.6 is 0 Å². The minimum atomic E-state index is -0.955. The van der Waals surface area contributed by atoms with E-state index in [0.717, 1.165) is 40.5 Å². The molecule has 152 valence electrons. The molecule has 5 rings (SSSR count). The molecule has 2 aromatic rings. The van der Waals surface area contributed by atoms with E-state index in [1.54, 1.807) is 24.4 Å². The van der Waals surface area contributed by atoms with E-state index in [0.29, 0.717) is 6.54 Å². The van der Waals surface area contributed by atoms with Gasteiger partial charge in [-0.15, -0.1) is 0 Å². The molecule has 1 saturated heterocycles. The summed E-state index contributed by atoms with van der Waals surface area (Å²) < 4.78 is 0. The molecular formula is C21H19N5O4.